The number of carbonyl (C=O) groups is 1. The van der Waals surface area contributed by atoms with Gasteiger partial charge < -0.3 is 14.6 Å². The van der Waals surface area contributed by atoms with Crippen LogP contribution in [-0.4, -0.2) is 13.1 Å². The van der Waals surface area contributed by atoms with Gasteiger partial charge in [0.1, 0.15) is 5.75 Å². The molecule has 0 radical (unpaired) electrons. The van der Waals surface area contributed by atoms with E-state index >= 15 is 0 Å². The molecule has 1 atom stereocenters. The molecule has 0 unspecified atom stereocenters. The van der Waals surface area contributed by atoms with Crippen LogP contribution in [0, 0.1) is 0 Å². The smallest absolute Gasteiger partial charge is 0.118 e. The molecule has 0 aromatic heterocycles. The first-order valence-electron chi connectivity index (χ1n) is 6.09. The van der Waals surface area contributed by atoms with Crippen LogP contribution < -0.4 is 9.84 Å². The molecule has 0 bridgehead atoms. The van der Waals surface area contributed by atoms with E-state index in [1.165, 1.54) is 0 Å². The number of aliphatic carboxylic acids is 1. The summed E-state index contributed by atoms with van der Waals surface area (Å²) in [6.45, 7) is 0. The van der Waals surface area contributed by atoms with Crippen molar-refractivity contribution in [2.75, 3.05) is 7.11 Å². The second-order valence-electron chi connectivity index (χ2n) is 4.33. The molecular formula is C16H15O3-. The van der Waals surface area contributed by atoms with E-state index in [4.69, 9.17) is 4.74 Å². The fourth-order valence-corrected chi connectivity index (χ4v) is 2.02. The van der Waals surface area contributed by atoms with Crippen LogP contribution in [0.5, 0.6) is 5.75 Å². The molecule has 0 aliphatic carbocycles. The molecule has 0 N–H and O–H groups in total. The van der Waals surface area contributed by atoms with Crippen LogP contribution in [0.4, 0.5) is 0 Å². The minimum Gasteiger partial charge on any atom is -0.549 e. The second kappa shape index (κ2) is 6.05. The van der Waals surface area contributed by atoms with Crippen molar-refractivity contribution in [1.82, 2.24) is 0 Å². The molecule has 3 nitrogen and oxygen atoms in total. The van der Waals surface area contributed by atoms with Gasteiger partial charge in [0.15, 0.2) is 0 Å². The van der Waals surface area contributed by atoms with Crippen molar-refractivity contribution in [3.05, 3.63) is 65.7 Å². The van der Waals surface area contributed by atoms with Gasteiger partial charge in [0.25, 0.3) is 0 Å². The lowest BCUT2D eigenvalue weighted by molar-refractivity contribution is -0.308. The van der Waals surface area contributed by atoms with E-state index in [0.29, 0.717) is 6.42 Å². The van der Waals surface area contributed by atoms with Crippen LogP contribution in [-0.2, 0) is 11.2 Å². The van der Waals surface area contributed by atoms with Gasteiger partial charge in [-0.2, -0.15) is 0 Å². The summed E-state index contributed by atoms with van der Waals surface area (Å²) in [5, 5.41) is 11.3. The quantitative estimate of drug-likeness (QED) is 0.818. The van der Waals surface area contributed by atoms with Gasteiger partial charge in [0, 0.05) is 11.9 Å². The van der Waals surface area contributed by atoms with Gasteiger partial charge in [-0.15, -0.1) is 0 Å². The molecule has 2 aromatic rings. The molecule has 2 rings (SSSR count). The maximum Gasteiger partial charge on any atom is 0.118 e. The number of carboxylic acids is 1. The third-order valence-electron chi connectivity index (χ3n) is 3.09. The van der Waals surface area contributed by atoms with E-state index in [1.807, 2.05) is 54.6 Å². The highest BCUT2D eigenvalue weighted by atomic mass is 16.5. The fourth-order valence-electron chi connectivity index (χ4n) is 2.02. The standard InChI is InChI=1S/C16H16O3/c1-19-14-9-7-12(8-10-14)11-15(16(17)18)13-5-3-2-4-6-13/h2-10,15H,11H2,1H3,(H,17,18)/p-1/t15-/m1/s1. The maximum absolute atomic E-state index is 11.3. The lowest BCUT2D eigenvalue weighted by atomic mass is 9.92. The summed E-state index contributed by atoms with van der Waals surface area (Å²) in [6.07, 6.45) is 0.413. The Hall–Kier alpha value is -2.29. The number of hydrogen-bond donors (Lipinski definition) is 0. The zero-order valence-electron chi connectivity index (χ0n) is 10.7. The summed E-state index contributed by atoms with van der Waals surface area (Å²) in [7, 11) is 1.60. The molecule has 0 aliphatic heterocycles. The Morgan fingerprint density at radius 2 is 1.74 bits per heavy atom. The lowest BCUT2D eigenvalue weighted by Crippen LogP contribution is -2.31. The zero-order chi connectivity index (χ0) is 13.7. The van der Waals surface area contributed by atoms with Gasteiger partial charge >= 0.3 is 0 Å². The van der Waals surface area contributed by atoms with E-state index in [2.05, 4.69) is 0 Å². The van der Waals surface area contributed by atoms with Crippen molar-refractivity contribution in [2.24, 2.45) is 0 Å². The van der Waals surface area contributed by atoms with Crippen LogP contribution in [0.3, 0.4) is 0 Å². The van der Waals surface area contributed by atoms with E-state index in [0.717, 1.165) is 16.9 Å². The highest BCUT2D eigenvalue weighted by molar-refractivity contribution is 5.74. The number of carboxylic acid groups (broad SMARTS) is 1. The highest BCUT2D eigenvalue weighted by Gasteiger charge is 2.13. The summed E-state index contributed by atoms with van der Waals surface area (Å²) < 4.78 is 5.08. The predicted molar refractivity (Wildman–Crippen MR) is 70.9 cm³/mol. The SMILES string of the molecule is COc1ccc(C[C@@H](C(=O)[O-])c2ccccc2)cc1. The number of methoxy groups -OCH3 is 1. The fraction of sp³-hybridized carbons (Fsp3) is 0.188. The van der Waals surface area contributed by atoms with Crippen molar-refractivity contribution in [3.63, 3.8) is 0 Å². The number of ether oxygens (including phenoxy) is 1. The largest absolute Gasteiger partial charge is 0.549 e. The molecule has 98 valence electrons. The van der Waals surface area contributed by atoms with Gasteiger partial charge in [-0.25, -0.2) is 0 Å². The molecule has 2 aromatic carbocycles. The molecular weight excluding hydrogens is 240 g/mol. The zero-order valence-corrected chi connectivity index (χ0v) is 10.7. The van der Waals surface area contributed by atoms with Crippen molar-refractivity contribution in [2.45, 2.75) is 12.3 Å². The molecule has 0 amide bonds. The molecule has 0 fully saturated rings. The number of rotatable bonds is 5. The van der Waals surface area contributed by atoms with Crippen LogP contribution in [0.2, 0.25) is 0 Å². The Morgan fingerprint density at radius 1 is 1.11 bits per heavy atom. The van der Waals surface area contributed by atoms with E-state index in [-0.39, 0.29) is 0 Å². The number of benzene rings is 2. The molecule has 0 aliphatic rings. The topological polar surface area (TPSA) is 49.4 Å². The Labute approximate surface area is 112 Å². The normalized spacial score (nSPS) is 11.8. The number of carbonyl (C=O) groups excluding carboxylic acids is 1. The molecule has 0 saturated heterocycles. The van der Waals surface area contributed by atoms with Crippen molar-refractivity contribution in [1.29, 1.82) is 0 Å². The van der Waals surface area contributed by atoms with E-state index in [1.54, 1.807) is 7.11 Å². The van der Waals surface area contributed by atoms with Crippen LogP contribution >= 0.6 is 0 Å². The average Bonchev–Trinajstić information content (AvgIpc) is 2.46. The Kier molecular flexibility index (Phi) is 4.18. The Morgan fingerprint density at radius 3 is 2.26 bits per heavy atom. The molecule has 0 spiro atoms. The van der Waals surface area contributed by atoms with Crippen LogP contribution in [0.1, 0.15) is 17.0 Å². The molecule has 19 heavy (non-hydrogen) atoms. The second-order valence-corrected chi connectivity index (χ2v) is 4.33. The minimum absolute atomic E-state index is 0.413. The molecule has 0 heterocycles. The molecule has 0 saturated carbocycles. The minimum atomic E-state index is -1.05. The number of hydrogen-bond acceptors (Lipinski definition) is 3. The summed E-state index contributed by atoms with van der Waals surface area (Å²) in [5.74, 6) is -0.926. The molecule has 3 heteroatoms. The van der Waals surface area contributed by atoms with Crippen molar-refractivity contribution in [3.8, 4) is 5.75 Å². The van der Waals surface area contributed by atoms with Crippen LogP contribution in [0.15, 0.2) is 54.6 Å². The lowest BCUT2D eigenvalue weighted by Gasteiger charge is -2.18. The van der Waals surface area contributed by atoms with Gasteiger partial charge in [0.2, 0.25) is 0 Å². The van der Waals surface area contributed by atoms with Crippen molar-refractivity contribution < 1.29 is 14.6 Å². The van der Waals surface area contributed by atoms with E-state index < -0.39 is 11.9 Å². The highest BCUT2D eigenvalue weighted by Crippen LogP contribution is 2.21. The maximum atomic E-state index is 11.3. The summed E-state index contributed by atoms with van der Waals surface area (Å²) in [5.41, 5.74) is 1.71. The van der Waals surface area contributed by atoms with Gasteiger partial charge in [0.05, 0.1) is 7.11 Å². The van der Waals surface area contributed by atoms with Crippen LogP contribution in [0.25, 0.3) is 0 Å². The van der Waals surface area contributed by atoms with Crippen molar-refractivity contribution >= 4 is 5.97 Å². The summed E-state index contributed by atoms with van der Waals surface area (Å²) in [4.78, 5) is 11.3. The predicted octanol–water partition coefficient (Wildman–Crippen LogP) is 1.77. The van der Waals surface area contributed by atoms with E-state index in [9.17, 15) is 9.90 Å². The third-order valence-corrected chi connectivity index (χ3v) is 3.09. The first-order valence-corrected chi connectivity index (χ1v) is 6.09. The van der Waals surface area contributed by atoms with Gasteiger partial charge in [-0.05, 0) is 29.7 Å². The Balaban J connectivity index is 2.19. The average molecular weight is 255 g/mol. The monoisotopic (exact) mass is 255 g/mol. The van der Waals surface area contributed by atoms with Gasteiger partial charge in [-0.1, -0.05) is 42.5 Å². The van der Waals surface area contributed by atoms with Gasteiger partial charge in [-0.3, -0.25) is 0 Å². The summed E-state index contributed by atoms with van der Waals surface area (Å²) >= 11 is 0. The third kappa shape index (κ3) is 3.35. The first-order chi connectivity index (χ1) is 9.20. The Bertz CT molecular complexity index is 532. The first kappa shape index (κ1) is 13.1. The summed E-state index contributed by atoms with van der Waals surface area (Å²) in [6, 6.07) is 16.5.